The first-order valence-electron chi connectivity index (χ1n) is 37.7. The fraction of sp³-hybridized carbons (Fsp3) is 0.333. The lowest BCUT2D eigenvalue weighted by Crippen LogP contribution is -2.17. The summed E-state index contributed by atoms with van der Waals surface area (Å²) < 4.78 is 0. The van der Waals surface area contributed by atoms with Crippen molar-refractivity contribution in [2.45, 2.75) is 201 Å². The molecular weight excluding hydrogens is 1290 g/mol. The smallest absolute Gasteiger partial charge is 0.303 e. The van der Waals surface area contributed by atoms with Crippen LogP contribution >= 0.6 is 0 Å². The third kappa shape index (κ3) is 37.3. The van der Waals surface area contributed by atoms with Crippen molar-refractivity contribution < 1.29 is 44.3 Å². The summed E-state index contributed by atoms with van der Waals surface area (Å²) in [6.07, 6.45) is 41.4. The molecule has 0 spiro atoms. The predicted octanol–water partition coefficient (Wildman–Crippen LogP) is 24.4. The number of carbonyl (C=O) groups excluding carboxylic acids is 5. The van der Waals surface area contributed by atoms with E-state index in [0.29, 0.717) is 24.4 Å². The lowest BCUT2D eigenvalue weighted by atomic mass is 10.0. The van der Waals surface area contributed by atoms with Gasteiger partial charge in [0.15, 0.2) is 0 Å². The molecular formula is C93H112N2O9. The number of carboxylic acid groups (broad SMARTS) is 1. The minimum Gasteiger partial charge on any atom is -0.481 e. The van der Waals surface area contributed by atoms with E-state index in [9.17, 15) is 28.8 Å². The van der Waals surface area contributed by atoms with Gasteiger partial charge < -0.3 is 14.7 Å². The Morgan fingerprint density at radius 2 is 0.606 bits per heavy atom. The van der Waals surface area contributed by atoms with E-state index in [1.807, 2.05) is 42.5 Å². The second-order valence-corrected chi connectivity index (χ2v) is 26.5. The number of hydrogen-bond acceptors (Lipinski definition) is 8. The number of aliphatic carboxylic acids is 1. The van der Waals surface area contributed by atoms with Gasteiger partial charge in [0.25, 0.3) is 0 Å². The summed E-state index contributed by atoms with van der Waals surface area (Å²) in [5.41, 5.74) is 9.13. The van der Waals surface area contributed by atoms with Gasteiger partial charge in [0.1, 0.15) is 17.9 Å². The number of benzene rings is 10. The minimum atomic E-state index is -0.697. The van der Waals surface area contributed by atoms with Crippen LogP contribution in [0.1, 0.15) is 227 Å². The van der Waals surface area contributed by atoms with Gasteiger partial charge in [-0.1, -0.05) is 296 Å². The van der Waals surface area contributed by atoms with Crippen molar-refractivity contribution in [3.63, 3.8) is 0 Å². The Hall–Kier alpha value is -9.94. The topological polar surface area (TPSA) is 187 Å². The van der Waals surface area contributed by atoms with E-state index in [1.54, 1.807) is 24.8 Å². The highest BCUT2D eigenvalue weighted by atomic mass is 16.5. The molecule has 0 aliphatic carbocycles. The molecule has 104 heavy (non-hydrogen) atoms. The number of amides is 2. The minimum absolute atomic E-state index is 0.286. The van der Waals surface area contributed by atoms with Gasteiger partial charge in [0, 0.05) is 37.7 Å². The summed E-state index contributed by atoms with van der Waals surface area (Å²) in [5, 5.41) is 37.8. The number of aryl methyl sites for hydroxylation is 1. The molecule has 0 unspecified atom stereocenters. The van der Waals surface area contributed by atoms with Crippen LogP contribution in [0.3, 0.4) is 0 Å². The summed E-state index contributed by atoms with van der Waals surface area (Å²) in [4.78, 5) is 63.8. The fourth-order valence-corrected chi connectivity index (χ4v) is 11.8. The summed E-state index contributed by atoms with van der Waals surface area (Å²) in [6, 6.07) is 73.4. The molecule has 0 atom stereocenters. The van der Waals surface area contributed by atoms with Crippen LogP contribution in [0.25, 0.3) is 72.1 Å². The van der Waals surface area contributed by atoms with E-state index in [4.69, 9.17) is 15.5 Å². The largest absolute Gasteiger partial charge is 0.481 e. The van der Waals surface area contributed by atoms with Crippen LogP contribution in [-0.4, -0.2) is 51.2 Å². The highest BCUT2D eigenvalue weighted by Crippen LogP contribution is 2.22. The third-order valence-electron chi connectivity index (χ3n) is 17.7. The van der Waals surface area contributed by atoms with Crippen LogP contribution < -0.4 is 11.0 Å². The number of rotatable bonds is 36. The van der Waals surface area contributed by atoms with Crippen molar-refractivity contribution in [1.82, 2.24) is 11.0 Å². The van der Waals surface area contributed by atoms with Crippen molar-refractivity contribution >= 4 is 108 Å². The lowest BCUT2D eigenvalue weighted by molar-refractivity contribution is -0.137. The first kappa shape index (κ1) is 84.7. The van der Waals surface area contributed by atoms with Gasteiger partial charge in [-0.3, -0.25) is 29.6 Å². The molecule has 0 saturated carbocycles. The van der Waals surface area contributed by atoms with E-state index >= 15 is 0 Å². The van der Waals surface area contributed by atoms with E-state index < -0.39 is 5.97 Å². The number of hydroxylamine groups is 2. The number of ketones is 2. The van der Waals surface area contributed by atoms with Crippen molar-refractivity contribution in [2.24, 2.45) is 0 Å². The second-order valence-electron chi connectivity index (χ2n) is 26.5. The Morgan fingerprint density at radius 1 is 0.317 bits per heavy atom. The van der Waals surface area contributed by atoms with Crippen LogP contribution in [0.2, 0.25) is 0 Å². The molecule has 5 N–H and O–H groups in total. The van der Waals surface area contributed by atoms with Crippen LogP contribution in [-0.2, 0) is 30.4 Å². The monoisotopic (exact) mass is 1400 g/mol. The first-order valence-corrected chi connectivity index (χ1v) is 37.7. The average molecular weight is 1400 g/mol. The average Bonchev–Trinajstić information content (AvgIpc) is 0.889. The Kier molecular flexibility index (Phi) is 43.1. The number of nitrogens with one attached hydrogen (secondary N) is 2. The van der Waals surface area contributed by atoms with Crippen LogP contribution in [0.15, 0.2) is 231 Å². The molecule has 0 aliphatic heterocycles. The number of carboxylic acids is 1. The zero-order chi connectivity index (χ0) is 74.5. The van der Waals surface area contributed by atoms with Crippen molar-refractivity contribution in [1.29, 1.82) is 0 Å². The van der Waals surface area contributed by atoms with Crippen molar-refractivity contribution in [3.05, 3.63) is 258 Å². The number of aldehydes is 1. The number of allylic oxidation sites excluding steroid dienone is 3. The maximum Gasteiger partial charge on any atom is 0.303 e. The summed E-state index contributed by atoms with van der Waals surface area (Å²) in [6.45, 7) is 5.53. The molecule has 0 aliphatic rings. The molecule has 0 bridgehead atoms. The molecule has 2 amide bonds. The van der Waals surface area contributed by atoms with Gasteiger partial charge in [0.2, 0.25) is 11.8 Å². The summed E-state index contributed by atoms with van der Waals surface area (Å²) in [5.74, 6) is -0.655. The Bertz CT molecular complexity index is 4130. The summed E-state index contributed by atoms with van der Waals surface area (Å²) >= 11 is 0. The standard InChI is InChI=1S/C19H22O.C18H23NO2.C18H21NO2.C18H20O2.C11H8O.C9H18O/c1-16(20)9-5-3-2-4-6-10-17-13-14-18-11-7-8-12-19(18)15-17;2*20-18(19-21)11-5-3-1-2-4-8-15-12-13-16-9-6-7-10-17(16)14-15;19-18(20)11-5-3-1-2-4-8-15-12-13-16-9-6-7-10-17(16)14-15;12-8-9-5-6-10-3-1-2-4-11(10)7-9;1-3-4-5-6-7-8-9(2)10/h6-8,10-15H,2-5,9H2,1H3;6-7,9-10,12-14,21H,1-5,8,11H2,(H,19,20);4,6-10,12-14,21H,1-3,5,11H2,(H,19,20);4,6-10,12-14H,1-3,5,11H2,(H,19,20);1-8H;3-8H2,1-2H3/b;;2*8-4+;;. The van der Waals surface area contributed by atoms with Crippen LogP contribution in [0.5, 0.6) is 0 Å². The van der Waals surface area contributed by atoms with Gasteiger partial charge >= 0.3 is 5.97 Å². The molecule has 0 aromatic heterocycles. The van der Waals surface area contributed by atoms with Crippen LogP contribution in [0, 0.1) is 0 Å². The molecule has 10 aromatic carbocycles. The number of unbranched alkanes of at least 4 members (excludes halogenated alkanes) is 17. The fourth-order valence-electron chi connectivity index (χ4n) is 11.8. The van der Waals surface area contributed by atoms with Gasteiger partial charge in [-0.25, -0.2) is 11.0 Å². The normalized spacial score (nSPS) is 10.8. The van der Waals surface area contributed by atoms with Crippen molar-refractivity contribution in [3.8, 4) is 0 Å². The first-order chi connectivity index (χ1) is 50.8. The molecule has 11 nitrogen and oxygen atoms in total. The molecule has 0 radical (unpaired) electrons. The molecule has 0 fully saturated rings. The number of carbonyl (C=O) groups is 6. The van der Waals surface area contributed by atoms with E-state index in [-0.39, 0.29) is 18.2 Å². The highest BCUT2D eigenvalue weighted by molar-refractivity contribution is 5.90. The number of fused-ring (bicyclic) bond motifs is 5. The maximum absolute atomic E-state index is 10.8. The molecule has 11 heteroatoms. The predicted molar refractivity (Wildman–Crippen MR) is 435 cm³/mol. The van der Waals surface area contributed by atoms with Gasteiger partial charge in [-0.15, -0.1) is 0 Å². The molecule has 0 heterocycles. The number of hydrogen-bond donors (Lipinski definition) is 5. The van der Waals surface area contributed by atoms with Gasteiger partial charge in [-0.2, -0.15) is 0 Å². The third-order valence-corrected chi connectivity index (χ3v) is 17.7. The van der Waals surface area contributed by atoms with Crippen LogP contribution in [0.4, 0.5) is 0 Å². The molecule has 548 valence electrons. The van der Waals surface area contributed by atoms with Gasteiger partial charge in [-0.05, 0) is 198 Å². The zero-order valence-electron chi connectivity index (χ0n) is 61.8. The zero-order valence-corrected chi connectivity index (χ0v) is 61.8. The van der Waals surface area contributed by atoms with Gasteiger partial charge in [0.05, 0.1) is 0 Å². The quantitative estimate of drug-likeness (QED) is 0.0110. The Balaban J connectivity index is 0.000000228. The van der Waals surface area contributed by atoms with E-state index in [1.165, 1.54) is 109 Å². The lowest BCUT2D eigenvalue weighted by Gasteiger charge is -2.04. The highest BCUT2D eigenvalue weighted by Gasteiger charge is 2.04. The maximum atomic E-state index is 10.8. The SMILES string of the molecule is CC(=O)CCCCCC=Cc1ccc2ccccc2c1.CCCCCCCC(C)=O.O=C(CCCCC/C=C/c1ccc2ccccc2c1)NO.O=C(CCCCCCCc1ccc2ccccc2c1)NO.O=C(O)CCCCC/C=C/c1ccc2ccccc2c1.O=Cc1ccc2ccccc2c1. The molecule has 0 saturated heterocycles. The van der Waals surface area contributed by atoms with E-state index in [2.05, 4.69) is 213 Å². The Labute approximate surface area is 618 Å². The molecule has 10 aromatic rings. The molecule has 10 rings (SSSR count). The summed E-state index contributed by atoms with van der Waals surface area (Å²) in [7, 11) is 0. The Morgan fingerprint density at radius 3 is 0.952 bits per heavy atom. The second kappa shape index (κ2) is 52.9. The van der Waals surface area contributed by atoms with E-state index in [0.717, 1.165) is 139 Å². The number of Topliss-reactive ketones (excluding diaryl/α,β-unsaturated/α-hetero) is 2. The van der Waals surface area contributed by atoms with Crippen molar-refractivity contribution in [2.75, 3.05) is 0 Å².